The molecule has 1 nitrogen and oxygen atoms in total. The van der Waals surface area contributed by atoms with Gasteiger partial charge in [0.05, 0.1) is 6.76 Å². The minimum Gasteiger partial charge on any atom is -0.198 e. The standard InChI is InChI=1S/C31H34N/c1-20-9-8-10-21(2)30(20)26-14-15-28(22(3)17-26)31-29-16-13-25(24-11-6-7-12-24)19-27(29)18-23(4)32(31)5/h8-10,13-19,24H,6-7,11-12H2,1-5H3/q+1/i18D. The summed E-state index contributed by atoms with van der Waals surface area (Å²) in [5.74, 6) is 0.657. The van der Waals surface area contributed by atoms with E-state index in [1.54, 1.807) is 0 Å². The summed E-state index contributed by atoms with van der Waals surface area (Å²) >= 11 is 0. The SMILES string of the molecule is [2H]c1c(C)[n+](C)c(-c2ccc(-c3c(C)cccc3C)cc2C)c2ccc(C3CCCC3)cc12. The average molecular weight is 422 g/mol. The Morgan fingerprint density at radius 3 is 2.25 bits per heavy atom. The molecular weight excluding hydrogens is 386 g/mol. The molecule has 1 fully saturated rings. The number of pyridine rings is 1. The van der Waals surface area contributed by atoms with Gasteiger partial charge in [-0.25, -0.2) is 0 Å². The van der Waals surface area contributed by atoms with Crippen molar-refractivity contribution in [3.63, 3.8) is 0 Å². The fraction of sp³-hybridized carbons (Fsp3) is 0.323. The second-order valence-electron chi connectivity index (χ2n) is 9.70. The first-order valence-corrected chi connectivity index (χ1v) is 12.0. The van der Waals surface area contributed by atoms with E-state index in [1.165, 1.54) is 75.7 Å². The van der Waals surface area contributed by atoms with Gasteiger partial charge in [-0.2, -0.15) is 4.57 Å². The Morgan fingerprint density at radius 2 is 1.56 bits per heavy atom. The molecule has 1 heterocycles. The Bertz CT molecular complexity index is 1360. The van der Waals surface area contributed by atoms with E-state index in [4.69, 9.17) is 1.37 Å². The van der Waals surface area contributed by atoms with Gasteiger partial charge in [0.1, 0.15) is 7.05 Å². The normalized spacial score (nSPS) is 14.8. The summed E-state index contributed by atoms with van der Waals surface area (Å²) in [6, 6.07) is 20.9. The van der Waals surface area contributed by atoms with Crippen LogP contribution in [0.5, 0.6) is 0 Å². The maximum atomic E-state index is 8.88. The lowest BCUT2D eigenvalue weighted by Crippen LogP contribution is -2.35. The first-order valence-electron chi connectivity index (χ1n) is 12.5. The molecule has 0 saturated heterocycles. The number of fused-ring (bicyclic) bond motifs is 1. The molecule has 3 aromatic carbocycles. The third kappa shape index (κ3) is 3.54. The first-order chi connectivity index (χ1) is 15.9. The predicted octanol–water partition coefficient (Wildman–Crippen LogP) is 7.89. The van der Waals surface area contributed by atoms with E-state index in [9.17, 15) is 0 Å². The summed E-state index contributed by atoms with van der Waals surface area (Å²) in [5.41, 5.74) is 11.4. The third-order valence-corrected chi connectivity index (χ3v) is 7.53. The fourth-order valence-corrected chi connectivity index (χ4v) is 5.69. The molecule has 1 aromatic heterocycles. The Hall–Kier alpha value is -2.93. The lowest BCUT2D eigenvalue weighted by atomic mass is 9.90. The van der Waals surface area contributed by atoms with Crippen LogP contribution in [0.4, 0.5) is 0 Å². The number of hydrogen-bond acceptors (Lipinski definition) is 0. The van der Waals surface area contributed by atoms with Crippen LogP contribution < -0.4 is 4.57 Å². The number of nitrogens with zero attached hydrogens (tertiary/aromatic N) is 1. The van der Waals surface area contributed by atoms with E-state index in [0.29, 0.717) is 12.0 Å². The molecule has 0 spiro atoms. The predicted molar refractivity (Wildman–Crippen MR) is 136 cm³/mol. The van der Waals surface area contributed by atoms with Crippen LogP contribution in [0.3, 0.4) is 0 Å². The van der Waals surface area contributed by atoms with Gasteiger partial charge in [-0.3, -0.25) is 0 Å². The summed E-state index contributed by atoms with van der Waals surface area (Å²) in [6.45, 7) is 8.68. The molecule has 1 aliphatic rings. The van der Waals surface area contributed by atoms with Crippen molar-refractivity contribution in [1.82, 2.24) is 0 Å². The van der Waals surface area contributed by atoms with E-state index >= 15 is 0 Å². The number of hydrogen-bond donors (Lipinski definition) is 0. The Labute approximate surface area is 194 Å². The van der Waals surface area contributed by atoms with Crippen molar-refractivity contribution in [1.29, 1.82) is 0 Å². The second kappa shape index (κ2) is 8.20. The van der Waals surface area contributed by atoms with Gasteiger partial charge in [-0.1, -0.05) is 55.3 Å². The molecule has 0 bridgehead atoms. The average Bonchev–Trinajstić information content (AvgIpc) is 3.34. The molecule has 162 valence electrons. The van der Waals surface area contributed by atoms with Gasteiger partial charge in [0.25, 0.3) is 0 Å². The van der Waals surface area contributed by atoms with Crippen LogP contribution in [0.25, 0.3) is 33.2 Å². The Balaban J connectivity index is 1.69. The topological polar surface area (TPSA) is 3.88 Å². The van der Waals surface area contributed by atoms with Crippen molar-refractivity contribution in [2.75, 3.05) is 0 Å². The Kier molecular flexibility index (Phi) is 5.06. The molecule has 0 unspecified atom stereocenters. The van der Waals surface area contributed by atoms with Crippen LogP contribution >= 0.6 is 0 Å². The molecule has 32 heavy (non-hydrogen) atoms. The molecule has 0 radical (unpaired) electrons. The van der Waals surface area contributed by atoms with Gasteiger partial charge in [0, 0.05) is 18.5 Å². The zero-order chi connectivity index (χ0) is 23.3. The zero-order valence-corrected chi connectivity index (χ0v) is 20.0. The van der Waals surface area contributed by atoms with Crippen LogP contribution in [0.1, 0.15) is 60.9 Å². The van der Waals surface area contributed by atoms with Crippen LogP contribution in [0, 0.1) is 27.7 Å². The first kappa shape index (κ1) is 19.7. The highest BCUT2D eigenvalue weighted by Crippen LogP contribution is 2.38. The van der Waals surface area contributed by atoms with Crippen LogP contribution in [0.2, 0.25) is 0 Å². The lowest BCUT2D eigenvalue weighted by Gasteiger charge is -2.15. The molecule has 1 saturated carbocycles. The number of benzene rings is 3. The summed E-state index contributed by atoms with van der Waals surface area (Å²) in [7, 11) is 2.10. The van der Waals surface area contributed by atoms with E-state index in [1.807, 2.05) is 0 Å². The highest BCUT2D eigenvalue weighted by molar-refractivity contribution is 5.94. The smallest absolute Gasteiger partial charge is 0.198 e. The van der Waals surface area contributed by atoms with Gasteiger partial charge in [-0.15, -0.1) is 0 Å². The maximum absolute atomic E-state index is 8.88. The quantitative estimate of drug-likeness (QED) is 0.296. The summed E-state index contributed by atoms with van der Waals surface area (Å²) in [6.07, 6.45) is 5.22. The van der Waals surface area contributed by atoms with Crippen molar-refractivity contribution in [2.24, 2.45) is 7.05 Å². The molecule has 0 atom stereocenters. The fourth-order valence-electron chi connectivity index (χ4n) is 5.69. The Morgan fingerprint density at radius 1 is 0.844 bits per heavy atom. The van der Waals surface area contributed by atoms with Gasteiger partial charge in [0.2, 0.25) is 5.69 Å². The number of rotatable bonds is 3. The van der Waals surface area contributed by atoms with Crippen LogP contribution in [-0.4, -0.2) is 0 Å². The minimum atomic E-state index is 0.654. The van der Waals surface area contributed by atoms with Crippen molar-refractivity contribution in [2.45, 2.75) is 59.3 Å². The monoisotopic (exact) mass is 421 g/mol. The van der Waals surface area contributed by atoms with Gasteiger partial charge < -0.3 is 0 Å². The molecule has 5 rings (SSSR count). The molecule has 0 aliphatic heterocycles. The van der Waals surface area contributed by atoms with Crippen molar-refractivity contribution in [3.8, 4) is 22.4 Å². The van der Waals surface area contributed by atoms with Crippen LogP contribution in [0.15, 0.2) is 60.6 Å². The molecular formula is C31H34N+. The molecule has 0 N–H and O–H groups in total. The van der Waals surface area contributed by atoms with Gasteiger partial charge in [-0.05, 0) is 90.4 Å². The minimum absolute atomic E-state index is 0.654. The van der Waals surface area contributed by atoms with Crippen molar-refractivity contribution in [3.05, 3.63) is 88.6 Å². The molecule has 1 heteroatoms. The second-order valence-corrected chi connectivity index (χ2v) is 9.70. The molecule has 1 aliphatic carbocycles. The summed E-state index contributed by atoms with van der Waals surface area (Å²) < 4.78 is 11.1. The molecule has 4 aromatic rings. The van der Waals surface area contributed by atoms with E-state index < -0.39 is 0 Å². The van der Waals surface area contributed by atoms with E-state index in [2.05, 4.69) is 93.9 Å². The summed E-state index contributed by atoms with van der Waals surface area (Å²) in [5, 5.41) is 2.26. The largest absolute Gasteiger partial charge is 0.220 e. The van der Waals surface area contributed by atoms with Gasteiger partial charge >= 0.3 is 0 Å². The van der Waals surface area contributed by atoms with Crippen LogP contribution in [-0.2, 0) is 7.05 Å². The van der Waals surface area contributed by atoms with E-state index in [-0.39, 0.29) is 0 Å². The van der Waals surface area contributed by atoms with E-state index in [0.717, 1.165) is 11.1 Å². The highest BCUT2D eigenvalue weighted by atomic mass is 14.9. The zero-order valence-electron chi connectivity index (χ0n) is 21.0. The molecule has 0 amide bonds. The highest BCUT2D eigenvalue weighted by Gasteiger charge is 2.22. The van der Waals surface area contributed by atoms with Crippen molar-refractivity contribution >= 4 is 10.8 Å². The lowest BCUT2D eigenvalue weighted by molar-refractivity contribution is -0.665. The summed E-state index contributed by atoms with van der Waals surface area (Å²) in [4.78, 5) is 0. The van der Waals surface area contributed by atoms with Crippen molar-refractivity contribution < 1.29 is 5.94 Å². The maximum Gasteiger partial charge on any atom is 0.220 e. The number of aryl methyl sites for hydroxylation is 3. The third-order valence-electron chi connectivity index (χ3n) is 7.53. The van der Waals surface area contributed by atoms with Gasteiger partial charge in [0.15, 0.2) is 5.69 Å². The number of aromatic nitrogens is 1.